The highest BCUT2D eigenvalue weighted by Crippen LogP contribution is 2.63. The van der Waals surface area contributed by atoms with E-state index in [1.165, 1.54) is 12.1 Å². The zero-order chi connectivity index (χ0) is 39.6. The van der Waals surface area contributed by atoms with Gasteiger partial charge in [-0.25, -0.2) is 0 Å². The molecule has 5 aliphatic rings. The number of morpholine rings is 2. The Hall–Kier alpha value is -5.19. The van der Waals surface area contributed by atoms with Gasteiger partial charge >= 0.3 is 6.18 Å². The largest absolute Gasteiger partial charge is 0.493 e. The smallest absolute Gasteiger partial charge is 0.416 e. The number of fused-ring (bicyclic) bond motifs is 10. The molecule has 0 atom stereocenters. The SMILES string of the molecule is COc1cc2c3c(c4c(c2cc1OC)-c1ccc(C(F)(F)F)cc1C41CCCCC1)C=CC(c1ccc(N2CCOCC2)cc1)(c1ccc(N2CCOCC2)cc1)O3. The molecule has 3 heterocycles. The molecule has 0 aromatic heterocycles. The highest BCUT2D eigenvalue weighted by atomic mass is 19.4. The van der Waals surface area contributed by atoms with Gasteiger partial charge in [0.2, 0.25) is 0 Å². The Bertz CT molecular complexity index is 2330. The number of rotatable bonds is 6. The van der Waals surface area contributed by atoms with Crippen LogP contribution >= 0.6 is 0 Å². The van der Waals surface area contributed by atoms with E-state index in [2.05, 4.69) is 70.5 Å². The van der Waals surface area contributed by atoms with E-state index in [4.69, 9.17) is 23.7 Å². The summed E-state index contributed by atoms with van der Waals surface area (Å²) in [6.45, 7) is 6.08. The van der Waals surface area contributed by atoms with Crippen LogP contribution in [0.25, 0.3) is 28.0 Å². The Balaban J connectivity index is 1.21. The highest BCUT2D eigenvalue weighted by Gasteiger charge is 2.50. The maximum absolute atomic E-state index is 14.4. The van der Waals surface area contributed by atoms with Gasteiger partial charge in [-0.1, -0.05) is 55.7 Å². The van der Waals surface area contributed by atoms with E-state index in [0.717, 1.165) is 119 Å². The van der Waals surface area contributed by atoms with Crippen LogP contribution in [0.1, 0.15) is 65.5 Å². The summed E-state index contributed by atoms with van der Waals surface area (Å²) < 4.78 is 74.0. The van der Waals surface area contributed by atoms with E-state index >= 15 is 0 Å². The van der Waals surface area contributed by atoms with Crippen molar-refractivity contribution in [1.82, 2.24) is 0 Å². The van der Waals surface area contributed by atoms with Crippen LogP contribution in [0.3, 0.4) is 0 Å². The fourth-order valence-electron chi connectivity index (χ4n) is 10.3. The van der Waals surface area contributed by atoms with Crippen molar-refractivity contribution in [1.29, 1.82) is 0 Å². The van der Waals surface area contributed by atoms with Crippen LogP contribution in [0, 0.1) is 0 Å². The molecule has 3 fully saturated rings. The molecule has 2 saturated heterocycles. The molecular formula is C48H47F3N2O5. The maximum atomic E-state index is 14.4. The Morgan fingerprint density at radius 1 is 0.655 bits per heavy atom. The molecule has 0 N–H and O–H groups in total. The number of ether oxygens (including phenoxy) is 5. The average molecular weight is 789 g/mol. The van der Waals surface area contributed by atoms with E-state index < -0.39 is 22.8 Å². The van der Waals surface area contributed by atoms with Crippen LogP contribution < -0.4 is 24.0 Å². The molecule has 58 heavy (non-hydrogen) atoms. The minimum Gasteiger partial charge on any atom is -0.493 e. The van der Waals surface area contributed by atoms with E-state index in [9.17, 15) is 13.2 Å². The number of halogens is 3. The third-order valence-electron chi connectivity index (χ3n) is 13.2. The van der Waals surface area contributed by atoms with Crippen LogP contribution in [0.5, 0.6) is 17.2 Å². The van der Waals surface area contributed by atoms with Gasteiger partial charge in [0.1, 0.15) is 5.75 Å². The van der Waals surface area contributed by atoms with Crippen molar-refractivity contribution >= 4 is 28.2 Å². The molecule has 0 amide bonds. The second kappa shape index (κ2) is 14.3. The molecule has 5 aromatic rings. The van der Waals surface area contributed by atoms with Gasteiger partial charge in [0.05, 0.1) is 46.2 Å². The first-order valence-electron chi connectivity index (χ1n) is 20.5. The minimum atomic E-state index is -4.46. The predicted octanol–water partition coefficient (Wildman–Crippen LogP) is 10.1. The molecule has 3 aliphatic heterocycles. The molecule has 10 heteroatoms. The lowest BCUT2D eigenvalue weighted by Crippen LogP contribution is -2.37. The molecule has 5 aromatic carbocycles. The van der Waals surface area contributed by atoms with Crippen molar-refractivity contribution in [2.75, 3.05) is 76.6 Å². The average Bonchev–Trinajstić information content (AvgIpc) is 3.54. The summed E-state index contributed by atoms with van der Waals surface area (Å²) in [5, 5.41) is 1.68. The van der Waals surface area contributed by atoms with Crippen LogP contribution in [0.4, 0.5) is 24.5 Å². The van der Waals surface area contributed by atoms with Gasteiger partial charge in [-0.15, -0.1) is 0 Å². The lowest BCUT2D eigenvalue weighted by molar-refractivity contribution is -0.137. The van der Waals surface area contributed by atoms with Crippen molar-refractivity contribution in [2.24, 2.45) is 0 Å². The molecule has 0 unspecified atom stereocenters. The van der Waals surface area contributed by atoms with Crippen LogP contribution in [-0.4, -0.2) is 66.8 Å². The fraction of sp³-hybridized carbons (Fsp3) is 0.375. The number of anilines is 2. The fourth-order valence-corrected chi connectivity index (χ4v) is 10.3. The number of hydrogen-bond donors (Lipinski definition) is 0. The van der Waals surface area contributed by atoms with E-state index in [1.807, 2.05) is 12.1 Å². The Morgan fingerprint density at radius 3 is 1.74 bits per heavy atom. The van der Waals surface area contributed by atoms with Gasteiger partial charge in [0.25, 0.3) is 0 Å². The third kappa shape index (κ3) is 5.85. The molecule has 7 nitrogen and oxygen atoms in total. The van der Waals surface area contributed by atoms with Gasteiger partial charge in [0.15, 0.2) is 17.1 Å². The summed E-state index contributed by atoms with van der Waals surface area (Å²) in [5.41, 5.74) is 6.41. The van der Waals surface area contributed by atoms with Gasteiger partial charge in [-0.05, 0) is 95.1 Å². The predicted molar refractivity (Wildman–Crippen MR) is 221 cm³/mol. The molecule has 0 radical (unpaired) electrons. The molecule has 1 spiro atoms. The van der Waals surface area contributed by atoms with Gasteiger partial charge in [-0.3, -0.25) is 0 Å². The summed E-state index contributed by atoms with van der Waals surface area (Å²) in [5.74, 6) is 1.77. The van der Waals surface area contributed by atoms with Gasteiger partial charge in [-0.2, -0.15) is 13.2 Å². The Morgan fingerprint density at radius 2 is 1.21 bits per heavy atom. The lowest BCUT2D eigenvalue weighted by Gasteiger charge is -2.41. The van der Waals surface area contributed by atoms with Crippen LogP contribution in [0.2, 0.25) is 0 Å². The molecule has 2 aliphatic carbocycles. The number of methoxy groups -OCH3 is 2. The van der Waals surface area contributed by atoms with Gasteiger partial charge in [0, 0.05) is 65.0 Å². The minimum absolute atomic E-state index is 0.545. The highest BCUT2D eigenvalue weighted by molar-refractivity contribution is 6.09. The Kier molecular flexibility index (Phi) is 9.13. The topological polar surface area (TPSA) is 52.6 Å². The normalized spacial score (nSPS) is 19.4. The number of benzene rings is 5. The number of hydrogen-bond acceptors (Lipinski definition) is 7. The summed E-state index contributed by atoms with van der Waals surface area (Å²) in [4.78, 5) is 4.68. The van der Waals surface area contributed by atoms with Crippen LogP contribution in [0.15, 0.2) is 84.9 Å². The number of nitrogens with zero attached hydrogens (tertiary/aromatic N) is 2. The quantitative estimate of drug-likeness (QED) is 0.170. The third-order valence-corrected chi connectivity index (χ3v) is 13.2. The summed E-state index contributed by atoms with van der Waals surface area (Å²) in [6, 6.07) is 25.6. The first kappa shape index (κ1) is 37.1. The standard InChI is InChI=1S/C48H47F3N2O5/c1-54-41-29-38-39(30-42(41)55-2)45-37(44-43(38)36-15-10-33(48(49,50)51)28-40(36)46(44)17-4-3-5-18-46)16-19-47(58-45,31-6-11-34(12-7-31)52-20-24-56-25-21-52)32-8-13-35(14-9-32)53-22-26-57-27-23-53/h6-16,19,28-30H,3-5,17-18,20-27H2,1-2H3. The molecule has 0 bridgehead atoms. The zero-order valence-corrected chi connectivity index (χ0v) is 32.9. The second-order valence-electron chi connectivity index (χ2n) is 16.1. The van der Waals surface area contributed by atoms with Crippen molar-refractivity contribution in [3.05, 3.63) is 118 Å². The van der Waals surface area contributed by atoms with Gasteiger partial charge < -0.3 is 33.5 Å². The first-order valence-corrected chi connectivity index (χ1v) is 20.5. The lowest BCUT2D eigenvalue weighted by atomic mass is 9.66. The van der Waals surface area contributed by atoms with Crippen molar-refractivity contribution < 1.29 is 36.9 Å². The molecular weight excluding hydrogens is 742 g/mol. The molecule has 300 valence electrons. The van der Waals surface area contributed by atoms with Crippen molar-refractivity contribution in [2.45, 2.75) is 49.3 Å². The monoisotopic (exact) mass is 788 g/mol. The maximum Gasteiger partial charge on any atom is 0.416 e. The van der Waals surface area contributed by atoms with Crippen LogP contribution in [-0.2, 0) is 26.7 Å². The summed E-state index contributed by atoms with van der Waals surface area (Å²) >= 11 is 0. The Labute approximate surface area is 336 Å². The summed E-state index contributed by atoms with van der Waals surface area (Å²) in [7, 11) is 3.23. The van der Waals surface area contributed by atoms with Crippen molar-refractivity contribution in [3.63, 3.8) is 0 Å². The molecule has 10 rings (SSSR count). The number of alkyl halides is 3. The first-order chi connectivity index (χ1) is 28.2. The molecule has 1 saturated carbocycles. The van der Waals surface area contributed by atoms with E-state index in [-0.39, 0.29) is 0 Å². The van der Waals surface area contributed by atoms with Crippen molar-refractivity contribution in [3.8, 4) is 28.4 Å². The van der Waals surface area contributed by atoms with E-state index in [1.54, 1.807) is 20.3 Å². The second-order valence-corrected chi connectivity index (χ2v) is 16.1. The summed E-state index contributed by atoms with van der Waals surface area (Å²) in [6.07, 6.45) is 4.29. The van der Waals surface area contributed by atoms with E-state index in [0.29, 0.717) is 43.7 Å². The zero-order valence-electron chi connectivity index (χ0n) is 32.9.